The number of nitrogens with zero attached hydrogens (tertiary/aromatic N) is 1. The molecule has 1 N–H and O–H groups in total. The second kappa shape index (κ2) is 5.48. The third kappa shape index (κ3) is 3.67. The average Bonchev–Trinajstić information content (AvgIpc) is 3.17. The van der Waals surface area contributed by atoms with Gasteiger partial charge in [-0.05, 0) is 52.0 Å². The van der Waals surface area contributed by atoms with Gasteiger partial charge in [0, 0.05) is 30.6 Å². The Morgan fingerprint density at radius 2 is 1.90 bits per heavy atom. The van der Waals surface area contributed by atoms with Gasteiger partial charge in [-0.25, -0.2) is 0 Å². The molecule has 0 aromatic heterocycles. The van der Waals surface area contributed by atoms with Crippen molar-refractivity contribution in [1.82, 2.24) is 10.2 Å². The number of rotatable bonds is 5. The van der Waals surface area contributed by atoms with Gasteiger partial charge in [0.25, 0.3) is 0 Å². The molecule has 5 heteroatoms. The van der Waals surface area contributed by atoms with Crippen molar-refractivity contribution in [2.24, 2.45) is 5.92 Å². The molecule has 118 valence electrons. The Balaban J connectivity index is 1.99. The van der Waals surface area contributed by atoms with Crippen molar-refractivity contribution < 1.29 is 13.2 Å². The fraction of sp³-hybridized carbons (Fsp3) is 1.00. The summed E-state index contributed by atoms with van der Waals surface area (Å²) in [5.74, 6) is 0.655. The van der Waals surface area contributed by atoms with Gasteiger partial charge in [-0.1, -0.05) is 6.92 Å². The van der Waals surface area contributed by atoms with Gasteiger partial charge in [0.15, 0.2) is 0 Å². The topological polar surface area (TPSA) is 15.3 Å². The predicted molar refractivity (Wildman–Crippen MR) is 74.7 cm³/mol. The highest BCUT2D eigenvalue weighted by atomic mass is 19.4. The molecule has 2 aliphatic rings. The van der Waals surface area contributed by atoms with Gasteiger partial charge in [-0.15, -0.1) is 0 Å². The van der Waals surface area contributed by atoms with Crippen LogP contribution in [0.5, 0.6) is 0 Å². The van der Waals surface area contributed by atoms with Gasteiger partial charge in [0.05, 0.1) is 0 Å². The maximum absolute atomic E-state index is 12.4. The first-order valence-corrected chi connectivity index (χ1v) is 7.75. The molecule has 0 radical (unpaired) electrons. The van der Waals surface area contributed by atoms with E-state index in [9.17, 15) is 13.2 Å². The monoisotopic (exact) mass is 292 g/mol. The Bertz CT molecular complexity index is 341. The van der Waals surface area contributed by atoms with Crippen LogP contribution in [0.1, 0.15) is 52.9 Å². The van der Waals surface area contributed by atoms with E-state index in [1.165, 1.54) is 12.8 Å². The summed E-state index contributed by atoms with van der Waals surface area (Å²) in [4.78, 5) is 2.33. The van der Waals surface area contributed by atoms with Gasteiger partial charge in [-0.2, -0.15) is 13.2 Å². The molecule has 2 unspecified atom stereocenters. The summed E-state index contributed by atoms with van der Waals surface area (Å²) in [5, 5.41) is 3.63. The third-order valence-corrected chi connectivity index (χ3v) is 5.26. The van der Waals surface area contributed by atoms with Crippen LogP contribution in [0.3, 0.4) is 0 Å². The van der Waals surface area contributed by atoms with Gasteiger partial charge in [0.2, 0.25) is 0 Å². The zero-order valence-electron chi connectivity index (χ0n) is 12.8. The Morgan fingerprint density at radius 1 is 1.25 bits per heavy atom. The van der Waals surface area contributed by atoms with Crippen LogP contribution < -0.4 is 5.32 Å². The molecule has 0 aromatic carbocycles. The minimum atomic E-state index is -4.03. The predicted octanol–water partition coefficient (Wildman–Crippen LogP) is 3.57. The number of alkyl halides is 3. The molecule has 0 aromatic rings. The van der Waals surface area contributed by atoms with Gasteiger partial charge >= 0.3 is 6.18 Å². The van der Waals surface area contributed by atoms with Crippen LogP contribution in [0.15, 0.2) is 0 Å². The molecule has 2 fully saturated rings. The lowest BCUT2D eigenvalue weighted by Gasteiger charge is -2.53. The smallest absolute Gasteiger partial charge is 0.308 e. The molecule has 2 rings (SSSR count). The number of piperazine rings is 1. The molecule has 1 heterocycles. The third-order valence-electron chi connectivity index (χ3n) is 5.26. The number of nitrogens with one attached hydrogen (secondary N) is 1. The van der Waals surface area contributed by atoms with E-state index in [0.29, 0.717) is 12.5 Å². The average molecular weight is 292 g/mol. The minimum absolute atomic E-state index is 0.0344. The summed E-state index contributed by atoms with van der Waals surface area (Å²) in [6.07, 6.45) is -1.04. The van der Waals surface area contributed by atoms with Gasteiger partial charge < -0.3 is 5.32 Å². The van der Waals surface area contributed by atoms with Crippen LogP contribution in [0.4, 0.5) is 13.2 Å². The van der Waals surface area contributed by atoms with E-state index in [1.54, 1.807) is 0 Å². The molecule has 1 saturated carbocycles. The van der Waals surface area contributed by atoms with Crippen molar-refractivity contribution in [1.29, 1.82) is 0 Å². The summed E-state index contributed by atoms with van der Waals surface area (Å²) < 4.78 is 37.1. The fourth-order valence-corrected chi connectivity index (χ4v) is 3.31. The fourth-order valence-electron chi connectivity index (χ4n) is 3.31. The highest BCUT2D eigenvalue weighted by Crippen LogP contribution is 2.45. The molecule has 20 heavy (non-hydrogen) atoms. The van der Waals surface area contributed by atoms with Gasteiger partial charge in [0.1, 0.15) is 0 Å². The maximum atomic E-state index is 12.4. The molecule has 0 amide bonds. The van der Waals surface area contributed by atoms with Crippen LogP contribution in [0.2, 0.25) is 0 Å². The standard InChI is InChI=1S/C15H27F3N2/c1-4-13(2)11-20(9-5-8-15(16,17)18)14(3,10-19-13)12-6-7-12/h12,19H,4-11H2,1-3H3. The summed E-state index contributed by atoms with van der Waals surface area (Å²) in [5.41, 5.74) is 0.0763. The molecule has 0 bridgehead atoms. The Kier molecular flexibility index (Phi) is 4.41. The lowest BCUT2D eigenvalue weighted by atomic mass is 9.84. The number of halogens is 3. The van der Waals surface area contributed by atoms with Crippen LogP contribution in [0.25, 0.3) is 0 Å². The quantitative estimate of drug-likeness (QED) is 0.833. The molecule has 2 atom stereocenters. The molecule has 1 aliphatic carbocycles. The van der Waals surface area contributed by atoms with Crippen LogP contribution in [-0.4, -0.2) is 41.8 Å². The van der Waals surface area contributed by atoms with Crippen LogP contribution in [-0.2, 0) is 0 Å². The Hall–Kier alpha value is -0.290. The Labute approximate surface area is 120 Å². The van der Waals surface area contributed by atoms with Crippen LogP contribution in [0, 0.1) is 5.92 Å². The van der Waals surface area contributed by atoms with Crippen molar-refractivity contribution in [2.75, 3.05) is 19.6 Å². The Morgan fingerprint density at radius 3 is 2.40 bits per heavy atom. The number of hydrogen-bond acceptors (Lipinski definition) is 2. The minimum Gasteiger partial charge on any atom is -0.308 e. The molecular weight excluding hydrogens is 265 g/mol. The zero-order valence-corrected chi connectivity index (χ0v) is 12.8. The maximum Gasteiger partial charge on any atom is 0.389 e. The molecule has 2 nitrogen and oxygen atoms in total. The second-order valence-electron chi connectivity index (χ2n) is 7.04. The van der Waals surface area contributed by atoms with E-state index in [-0.39, 0.29) is 17.5 Å². The van der Waals surface area contributed by atoms with E-state index in [0.717, 1.165) is 19.5 Å². The zero-order chi connectivity index (χ0) is 15.0. The first-order valence-electron chi connectivity index (χ1n) is 7.75. The highest BCUT2D eigenvalue weighted by molar-refractivity contribution is 5.07. The van der Waals surface area contributed by atoms with E-state index in [2.05, 4.69) is 31.0 Å². The highest BCUT2D eigenvalue weighted by Gasteiger charge is 2.50. The molecule has 1 aliphatic heterocycles. The van der Waals surface area contributed by atoms with Crippen molar-refractivity contribution in [2.45, 2.75) is 70.1 Å². The van der Waals surface area contributed by atoms with Crippen molar-refractivity contribution in [3.8, 4) is 0 Å². The first kappa shape index (κ1) is 16.1. The van der Waals surface area contributed by atoms with Crippen molar-refractivity contribution in [3.63, 3.8) is 0 Å². The summed E-state index contributed by atoms with van der Waals surface area (Å²) >= 11 is 0. The van der Waals surface area contributed by atoms with E-state index in [4.69, 9.17) is 0 Å². The lowest BCUT2D eigenvalue weighted by molar-refractivity contribution is -0.137. The largest absolute Gasteiger partial charge is 0.389 e. The van der Waals surface area contributed by atoms with E-state index < -0.39 is 12.6 Å². The molecular formula is C15H27F3N2. The summed E-state index contributed by atoms with van der Waals surface area (Å²) in [6, 6.07) is 0. The second-order valence-corrected chi connectivity index (χ2v) is 7.04. The van der Waals surface area contributed by atoms with Crippen molar-refractivity contribution in [3.05, 3.63) is 0 Å². The normalized spacial score (nSPS) is 36.3. The van der Waals surface area contributed by atoms with E-state index >= 15 is 0 Å². The summed E-state index contributed by atoms with van der Waals surface area (Å²) in [7, 11) is 0. The first-order chi connectivity index (χ1) is 9.19. The summed E-state index contributed by atoms with van der Waals surface area (Å²) in [6.45, 7) is 8.85. The SMILES string of the molecule is CCC1(C)CN(CCCC(F)(F)F)C(C)(C2CC2)CN1. The van der Waals surface area contributed by atoms with Gasteiger partial charge in [-0.3, -0.25) is 4.90 Å². The molecule has 0 spiro atoms. The van der Waals surface area contributed by atoms with E-state index in [1.807, 2.05) is 0 Å². The molecule has 1 saturated heterocycles. The van der Waals surface area contributed by atoms with Crippen LogP contribution >= 0.6 is 0 Å². The van der Waals surface area contributed by atoms with Crippen molar-refractivity contribution >= 4 is 0 Å². The lowest BCUT2D eigenvalue weighted by Crippen LogP contribution is -2.68. The number of hydrogen-bond donors (Lipinski definition) is 1.